The third-order valence-corrected chi connectivity index (χ3v) is 4.93. The van der Waals surface area contributed by atoms with Crippen molar-refractivity contribution in [1.82, 2.24) is 14.9 Å². The Labute approximate surface area is 145 Å². The van der Waals surface area contributed by atoms with Gasteiger partial charge in [0.2, 0.25) is 0 Å². The molecule has 1 aliphatic heterocycles. The Morgan fingerprint density at radius 2 is 1.83 bits per heavy atom. The van der Waals surface area contributed by atoms with E-state index in [2.05, 4.69) is 14.9 Å². The number of halogens is 1. The Bertz CT molecular complexity index is 863. The molecule has 1 saturated heterocycles. The first-order valence-electron chi connectivity index (χ1n) is 8.17. The second-order valence-electron chi connectivity index (χ2n) is 6.10. The molecule has 0 saturated carbocycles. The van der Waals surface area contributed by atoms with Gasteiger partial charge in [0.25, 0.3) is 0 Å². The van der Waals surface area contributed by atoms with Crippen molar-refractivity contribution in [3.63, 3.8) is 0 Å². The van der Waals surface area contributed by atoms with Crippen LogP contribution >= 0.6 is 11.6 Å². The van der Waals surface area contributed by atoms with E-state index in [1.807, 2.05) is 36.4 Å². The number of phenolic OH excluding ortho intramolecular Hbond substituents is 1. The molecule has 3 aromatic rings. The zero-order valence-electron chi connectivity index (χ0n) is 13.2. The van der Waals surface area contributed by atoms with Crippen LogP contribution in [0.5, 0.6) is 5.75 Å². The van der Waals surface area contributed by atoms with E-state index in [1.165, 1.54) is 0 Å². The Morgan fingerprint density at radius 3 is 2.58 bits per heavy atom. The number of phenols is 1. The second kappa shape index (κ2) is 6.38. The number of nitrogens with zero attached hydrogens (tertiary/aromatic N) is 3. The van der Waals surface area contributed by atoms with Gasteiger partial charge in [-0.25, -0.2) is 0 Å². The molecule has 1 fully saturated rings. The molecule has 4 rings (SSSR count). The highest BCUT2D eigenvalue weighted by atomic mass is 35.5. The molecular weight excluding hydrogens is 322 g/mol. The Kier molecular flexibility index (Phi) is 4.08. The third-order valence-electron chi connectivity index (χ3n) is 4.61. The van der Waals surface area contributed by atoms with Gasteiger partial charge in [-0.05, 0) is 56.3 Å². The van der Waals surface area contributed by atoms with Crippen LogP contribution in [-0.4, -0.2) is 33.1 Å². The minimum atomic E-state index is -0.113. The van der Waals surface area contributed by atoms with Crippen molar-refractivity contribution >= 4 is 22.5 Å². The summed E-state index contributed by atoms with van der Waals surface area (Å²) in [6.07, 6.45) is 5.78. The molecule has 24 heavy (non-hydrogen) atoms. The molecule has 2 aromatic heterocycles. The molecule has 1 aromatic carbocycles. The third kappa shape index (κ3) is 2.62. The molecule has 0 radical (unpaired) electrons. The van der Waals surface area contributed by atoms with E-state index in [9.17, 15) is 5.11 Å². The van der Waals surface area contributed by atoms with Gasteiger partial charge >= 0.3 is 0 Å². The number of aromatic nitrogens is 2. The molecule has 0 amide bonds. The summed E-state index contributed by atoms with van der Waals surface area (Å²) in [5, 5.41) is 12.3. The van der Waals surface area contributed by atoms with Crippen LogP contribution < -0.4 is 0 Å². The van der Waals surface area contributed by atoms with Crippen molar-refractivity contribution in [2.45, 2.75) is 18.9 Å². The Hall–Kier alpha value is -2.17. The SMILES string of the molecule is Oc1c([C@H](c2ccccn2)N2CCCC2)cc(Cl)c2cccnc12. The summed E-state index contributed by atoms with van der Waals surface area (Å²) in [6.45, 7) is 1.97. The van der Waals surface area contributed by atoms with E-state index >= 15 is 0 Å². The van der Waals surface area contributed by atoms with Crippen LogP contribution in [0.25, 0.3) is 10.9 Å². The van der Waals surface area contributed by atoms with Crippen LogP contribution in [0, 0.1) is 0 Å². The maximum absolute atomic E-state index is 10.9. The first kappa shape index (κ1) is 15.4. The minimum Gasteiger partial charge on any atom is -0.505 e. The maximum atomic E-state index is 10.9. The van der Waals surface area contributed by atoms with Crippen LogP contribution in [0.3, 0.4) is 0 Å². The maximum Gasteiger partial charge on any atom is 0.147 e. The zero-order chi connectivity index (χ0) is 16.5. The van der Waals surface area contributed by atoms with Gasteiger partial charge in [0.1, 0.15) is 11.3 Å². The van der Waals surface area contributed by atoms with Gasteiger partial charge in [-0.2, -0.15) is 0 Å². The summed E-state index contributed by atoms with van der Waals surface area (Å²) in [7, 11) is 0. The van der Waals surface area contributed by atoms with Crippen LogP contribution in [0.15, 0.2) is 48.8 Å². The monoisotopic (exact) mass is 339 g/mol. The second-order valence-corrected chi connectivity index (χ2v) is 6.50. The average Bonchev–Trinajstić information content (AvgIpc) is 3.15. The Balaban J connectivity index is 1.92. The predicted molar refractivity (Wildman–Crippen MR) is 95.3 cm³/mol. The van der Waals surface area contributed by atoms with Crippen molar-refractivity contribution in [2.75, 3.05) is 13.1 Å². The van der Waals surface area contributed by atoms with Crippen molar-refractivity contribution in [3.05, 3.63) is 65.1 Å². The molecule has 1 aliphatic rings. The first-order valence-corrected chi connectivity index (χ1v) is 8.54. The number of rotatable bonds is 3. The molecule has 1 atom stereocenters. The lowest BCUT2D eigenvalue weighted by Gasteiger charge is -2.28. The molecule has 0 bridgehead atoms. The number of benzene rings is 1. The summed E-state index contributed by atoms with van der Waals surface area (Å²) < 4.78 is 0. The smallest absolute Gasteiger partial charge is 0.147 e. The fraction of sp³-hybridized carbons (Fsp3) is 0.263. The fourth-order valence-electron chi connectivity index (χ4n) is 3.50. The van der Waals surface area contributed by atoms with Crippen LogP contribution in [0.1, 0.15) is 30.1 Å². The van der Waals surface area contributed by atoms with E-state index in [1.54, 1.807) is 12.4 Å². The largest absolute Gasteiger partial charge is 0.505 e. The quantitative estimate of drug-likeness (QED) is 0.778. The van der Waals surface area contributed by atoms with E-state index in [4.69, 9.17) is 11.6 Å². The summed E-state index contributed by atoms with van der Waals surface area (Å²) in [5.41, 5.74) is 2.23. The molecule has 0 spiro atoms. The van der Waals surface area contributed by atoms with Crippen molar-refractivity contribution in [3.8, 4) is 5.75 Å². The lowest BCUT2D eigenvalue weighted by molar-refractivity contribution is 0.271. The van der Waals surface area contributed by atoms with Crippen LogP contribution in [0.2, 0.25) is 5.02 Å². The Morgan fingerprint density at radius 1 is 1.04 bits per heavy atom. The van der Waals surface area contributed by atoms with Gasteiger partial charge in [-0.15, -0.1) is 0 Å². The standard InChI is InChI=1S/C19H18ClN3O/c20-15-12-14(19(24)17-13(15)6-5-9-22-17)18(23-10-3-4-11-23)16-7-1-2-8-21-16/h1-2,5-9,12,18,24H,3-4,10-11H2/t18-/m1/s1. The van der Waals surface area contributed by atoms with E-state index in [0.717, 1.165) is 42.6 Å². The van der Waals surface area contributed by atoms with E-state index in [0.29, 0.717) is 10.5 Å². The van der Waals surface area contributed by atoms with Crippen molar-refractivity contribution in [1.29, 1.82) is 0 Å². The van der Waals surface area contributed by atoms with Crippen LogP contribution in [-0.2, 0) is 0 Å². The number of hydrogen-bond acceptors (Lipinski definition) is 4. The molecule has 1 N–H and O–H groups in total. The van der Waals surface area contributed by atoms with E-state index in [-0.39, 0.29) is 11.8 Å². The highest BCUT2D eigenvalue weighted by Gasteiger charge is 2.29. The molecule has 122 valence electrons. The van der Waals surface area contributed by atoms with Gasteiger partial charge in [0.05, 0.1) is 16.8 Å². The fourth-order valence-corrected chi connectivity index (χ4v) is 3.77. The van der Waals surface area contributed by atoms with Gasteiger partial charge in [-0.1, -0.05) is 17.7 Å². The van der Waals surface area contributed by atoms with Crippen molar-refractivity contribution < 1.29 is 5.11 Å². The van der Waals surface area contributed by atoms with E-state index < -0.39 is 0 Å². The molecular formula is C19H18ClN3O. The molecule has 0 aliphatic carbocycles. The molecule has 0 unspecified atom stereocenters. The normalized spacial score (nSPS) is 16.5. The number of pyridine rings is 2. The lowest BCUT2D eigenvalue weighted by Crippen LogP contribution is -2.27. The summed E-state index contributed by atoms with van der Waals surface area (Å²) in [4.78, 5) is 11.2. The highest BCUT2D eigenvalue weighted by Crippen LogP contribution is 2.41. The number of fused-ring (bicyclic) bond motifs is 1. The van der Waals surface area contributed by atoms with Gasteiger partial charge in [-0.3, -0.25) is 14.9 Å². The lowest BCUT2D eigenvalue weighted by atomic mass is 9.98. The molecule has 4 nitrogen and oxygen atoms in total. The zero-order valence-corrected chi connectivity index (χ0v) is 13.9. The van der Waals surface area contributed by atoms with Gasteiger partial charge in [0.15, 0.2) is 0 Å². The number of aromatic hydroxyl groups is 1. The predicted octanol–water partition coefficient (Wildman–Crippen LogP) is 4.17. The van der Waals surface area contributed by atoms with Crippen LogP contribution in [0.4, 0.5) is 0 Å². The molecule has 3 heterocycles. The van der Waals surface area contributed by atoms with Gasteiger partial charge in [0, 0.05) is 23.3 Å². The minimum absolute atomic E-state index is 0.113. The highest BCUT2D eigenvalue weighted by molar-refractivity contribution is 6.35. The summed E-state index contributed by atoms with van der Waals surface area (Å²) in [5.74, 6) is 0.192. The number of hydrogen-bond donors (Lipinski definition) is 1. The molecule has 5 heteroatoms. The summed E-state index contributed by atoms with van der Waals surface area (Å²) in [6, 6.07) is 11.3. The first-order chi connectivity index (χ1) is 11.8. The summed E-state index contributed by atoms with van der Waals surface area (Å²) >= 11 is 6.48. The topological polar surface area (TPSA) is 49.3 Å². The van der Waals surface area contributed by atoms with Gasteiger partial charge < -0.3 is 5.11 Å². The number of likely N-dealkylation sites (tertiary alicyclic amines) is 1. The van der Waals surface area contributed by atoms with Crippen molar-refractivity contribution in [2.24, 2.45) is 0 Å². The average molecular weight is 340 g/mol.